The Balaban J connectivity index is 1.94. The summed E-state index contributed by atoms with van der Waals surface area (Å²) in [5, 5.41) is 2.83. The van der Waals surface area contributed by atoms with E-state index in [1.807, 2.05) is 0 Å². The first-order valence-corrected chi connectivity index (χ1v) is 9.94. The second-order valence-electron chi connectivity index (χ2n) is 6.06. The van der Waals surface area contributed by atoms with Crippen LogP contribution in [-0.4, -0.2) is 68.8 Å². The summed E-state index contributed by atoms with van der Waals surface area (Å²) in [6.07, 6.45) is 1.45. The zero-order valence-corrected chi connectivity index (χ0v) is 15.3. The number of hydrogen-bond acceptors (Lipinski definition) is 5. The van der Waals surface area contributed by atoms with Crippen LogP contribution in [0.4, 0.5) is 0 Å². The number of nitrogens with one attached hydrogen (secondary N) is 1. The highest BCUT2D eigenvalue weighted by Gasteiger charge is 2.25. The Labute approximate surface area is 151 Å². The van der Waals surface area contributed by atoms with Gasteiger partial charge in [-0.1, -0.05) is 18.2 Å². The number of nitrogens with zero attached hydrogens (tertiary/aromatic N) is 2. The number of amides is 2. The normalized spacial score (nSPS) is 15.2. The maximum Gasteiger partial charge on any atom is 0.242 e. The third-order valence-corrected chi connectivity index (χ3v) is 5.99. The molecule has 1 fully saturated rings. The van der Waals surface area contributed by atoms with Crippen LogP contribution in [0.5, 0.6) is 0 Å². The monoisotopic (exact) mass is 379 g/mol. The molecule has 1 aliphatic heterocycles. The van der Waals surface area contributed by atoms with Gasteiger partial charge >= 0.3 is 0 Å². The van der Waals surface area contributed by atoms with Gasteiger partial charge in [0.05, 0.1) is 18.1 Å². The minimum absolute atomic E-state index is 0.0377. The van der Waals surface area contributed by atoms with Crippen LogP contribution in [0.15, 0.2) is 35.4 Å². The third-order valence-electron chi connectivity index (χ3n) is 4.36. The molecule has 0 unspecified atom stereocenters. The average Bonchev–Trinajstić information content (AvgIpc) is 3.01. The molecular weight excluding hydrogens is 358 g/mol. The maximum absolute atomic E-state index is 12.6. The summed E-state index contributed by atoms with van der Waals surface area (Å²) in [5.74, 6) is -1.30. The Morgan fingerprint density at radius 3 is 2.58 bits per heavy atom. The van der Waals surface area contributed by atoms with Crippen LogP contribution in [0, 0.1) is 0 Å². The molecule has 2 heterocycles. The average molecular weight is 379 g/mol. The van der Waals surface area contributed by atoms with Crippen molar-refractivity contribution in [3.8, 4) is 0 Å². The molecule has 8 nitrogen and oxygen atoms in total. The molecule has 1 saturated heterocycles. The van der Waals surface area contributed by atoms with E-state index in [2.05, 4.69) is 5.32 Å². The zero-order valence-electron chi connectivity index (χ0n) is 14.5. The molecule has 0 spiro atoms. The largest absolute Gasteiger partial charge is 0.378 e. The number of benzene rings is 1. The Kier molecular flexibility index (Phi) is 5.28. The number of morpholine rings is 1. The van der Waals surface area contributed by atoms with Gasteiger partial charge in [0.2, 0.25) is 11.8 Å². The molecule has 2 amide bonds. The van der Waals surface area contributed by atoms with E-state index in [1.54, 1.807) is 33.7 Å². The predicted molar refractivity (Wildman–Crippen MR) is 95.5 cm³/mol. The van der Waals surface area contributed by atoms with E-state index < -0.39 is 21.5 Å². The molecule has 26 heavy (non-hydrogen) atoms. The van der Waals surface area contributed by atoms with Crippen molar-refractivity contribution in [2.45, 2.75) is 11.4 Å². The van der Waals surface area contributed by atoms with Crippen LogP contribution in [0.3, 0.4) is 0 Å². The number of carbonyl (C=O) groups is 2. The van der Waals surface area contributed by atoms with Crippen molar-refractivity contribution in [2.24, 2.45) is 0 Å². The van der Waals surface area contributed by atoms with Gasteiger partial charge in [0.15, 0.2) is 9.84 Å². The fourth-order valence-electron chi connectivity index (χ4n) is 2.97. The lowest BCUT2D eigenvalue weighted by Crippen LogP contribution is -2.42. The van der Waals surface area contributed by atoms with Crippen LogP contribution in [-0.2, 0) is 30.7 Å². The first-order chi connectivity index (χ1) is 12.4. The summed E-state index contributed by atoms with van der Waals surface area (Å²) in [6.45, 7) is 2.10. The number of rotatable bonds is 5. The summed E-state index contributed by atoms with van der Waals surface area (Å²) in [5.41, 5.74) is 0.643. The first-order valence-electron chi connectivity index (χ1n) is 8.29. The first kappa shape index (κ1) is 18.4. The van der Waals surface area contributed by atoms with Crippen molar-refractivity contribution < 1.29 is 22.7 Å². The van der Waals surface area contributed by atoms with E-state index in [0.29, 0.717) is 37.2 Å². The molecule has 140 valence electrons. The highest BCUT2D eigenvalue weighted by Crippen LogP contribution is 2.26. The van der Waals surface area contributed by atoms with Crippen LogP contribution in [0.25, 0.3) is 10.9 Å². The van der Waals surface area contributed by atoms with Crippen molar-refractivity contribution in [1.82, 2.24) is 14.8 Å². The van der Waals surface area contributed by atoms with Crippen molar-refractivity contribution in [3.63, 3.8) is 0 Å². The molecule has 2 aromatic rings. The number of para-hydroxylation sites is 1. The van der Waals surface area contributed by atoms with Gasteiger partial charge in [-0.3, -0.25) is 9.59 Å². The molecule has 3 rings (SSSR count). The number of ether oxygens (including phenoxy) is 1. The maximum atomic E-state index is 12.6. The SMILES string of the molecule is CNC(=O)CS(=O)(=O)c1cn(CC(=O)N2CCOCC2)c2ccccc12. The van der Waals surface area contributed by atoms with Gasteiger partial charge in [0.1, 0.15) is 12.3 Å². The Hall–Kier alpha value is -2.39. The van der Waals surface area contributed by atoms with Gasteiger partial charge in [-0.25, -0.2) is 8.42 Å². The molecule has 1 aromatic carbocycles. The summed E-state index contributed by atoms with van der Waals surface area (Å²) in [7, 11) is -2.42. The molecule has 0 aliphatic carbocycles. The van der Waals surface area contributed by atoms with E-state index in [4.69, 9.17) is 4.74 Å². The molecule has 0 saturated carbocycles. The second-order valence-corrected chi connectivity index (χ2v) is 8.02. The molecule has 0 bridgehead atoms. The fraction of sp³-hybridized carbons (Fsp3) is 0.412. The number of hydrogen-bond donors (Lipinski definition) is 1. The van der Waals surface area contributed by atoms with Gasteiger partial charge in [-0.15, -0.1) is 0 Å². The third kappa shape index (κ3) is 3.73. The Bertz CT molecular complexity index is 929. The van der Waals surface area contributed by atoms with Gasteiger partial charge < -0.3 is 19.5 Å². The second kappa shape index (κ2) is 7.46. The van der Waals surface area contributed by atoms with Crippen LogP contribution < -0.4 is 5.32 Å². The Morgan fingerprint density at radius 1 is 1.19 bits per heavy atom. The Morgan fingerprint density at radius 2 is 1.88 bits per heavy atom. The molecule has 0 atom stereocenters. The van der Waals surface area contributed by atoms with E-state index in [0.717, 1.165) is 0 Å². The molecule has 0 radical (unpaired) electrons. The highest BCUT2D eigenvalue weighted by molar-refractivity contribution is 7.92. The quantitative estimate of drug-likeness (QED) is 0.790. The number of sulfone groups is 1. The minimum atomic E-state index is -3.82. The van der Waals surface area contributed by atoms with Gasteiger partial charge in [-0.2, -0.15) is 0 Å². The fourth-order valence-corrected chi connectivity index (χ4v) is 4.41. The molecule has 9 heteroatoms. The summed E-state index contributed by atoms with van der Waals surface area (Å²) in [6, 6.07) is 6.96. The topological polar surface area (TPSA) is 97.7 Å². The number of carbonyl (C=O) groups excluding carboxylic acids is 2. The van der Waals surface area contributed by atoms with E-state index >= 15 is 0 Å². The predicted octanol–water partition coefficient (Wildman–Crippen LogP) is 0.0198. The van der Waals surface area contributed by atoms with Gasteiger partial charge in [0.25, 0.3) is 0 Å². The van der Waals surface area contributed by atoms with Crippen molar-refractivity contribution in [2.75, 3.05) is 39.1 Å². The lowest BCUT2D eigenvalue weighted by atomic mass is 10.2. The van der Waals surface area contributed by atoms with Crippen molar-refractivity contribution in [3.05, 3.63) is 30.5 Å². The van der Waals surface area contributed by atoms with Crippen molar-refractivity contribution >= 4 is 32.6 Å². The van der Waals surface area contributed by atoms with Crippen LogP contribution in [0.1, 0.15) is 0 Å². The van der Waals surface area contributed by atoms with E-state index in [-0.39, 0.29) is 17.3 Å². The molecule has 1 aromatic heterocycles. The lowest BCUT2D eigenvalue weighted by molar-refractivity contribution is -0.135. The zero-order chi connectivity index (χ0) is 18.7. The number of aromatic nitrogens is 1. The smallest absolute Gasteiger partial charge is 0.242 e. The molecule has 1 N–H and O–H groups in total. The standard InChI is InChI=1S/C17H21N3O5S/c1-18-16(21)12-26(23,24)15-10-20(14-5-3-2-4-13(14)15)11-17(22)19-6-8-25-9-7-19/h2-5,10H,6-9,11-12H2,1H3,(H,18,21). The summed E-state index contributed by atoms with van der Waals surface area (Å²) >= 11 is 0. The highest BCUT2D eigenvalue weighted by atomic mass is 32.2. The van der Waals surface area contributed by atoms with Gasteiger partial charge in [-0.05, 0) is 6.07 Å². The summed E-state index contributed by atoms with van der Waals surface area (Å²) in [4.78, 5) is 25.9. The minimum Gasteiger partial charge on any atom is -0.378 e. The lowest BCUT2D eigenvalue weighted by Gasteiger charge is -2.27. The summed E-state index contributed by atoms with van der Waals surface area (Å²) < 4.78 is 32.1. The molecule has 1 aliphatic rings. The molecular formula is C17H21N3O5S. The van der Waals surface area contributed by atoms with E-state index in [9.17, 15) is 18.0 Å². The van der Waals surface area contributed by atoms with E-state index in [1.165, 1.54) is 13.2 Å². The van der Waals surface area contributed by atoms with Crippen LogP contribution >= 0.6 is 0 Å². The van der Waals surface area contributed by atoms with Crippen molar-refractivity contribution in [1.29, 1.82) is 0 Å². The van der Waals surface area contributed by atoms with Gasteiger partial charge in [0, 0.05) is 37.2 Å². The number of fused-ring (bicyclic) bond motifs is 1. The van der Waals surface area contributed by atoms with Crippen LogP contribution in [0.2, 0.25) is 0 Å².